The maximum Gasteiger partial charge on any atom is 0.291 e. The van der Waals surface area contributed by atoms with E-state index in [0.717, 1.165) is 0 Å². The van der Waals surface area contributed by atoms with Gasteiger partial charge in [0.2, 0.25) is 5.82 Å². The Morgan fingerprint density at radius 2 is 1.88 bits per heavy atom. The summed E-state index contributed by atoms with van der Waals surface area (Å²) in [5, 5.41) is 7.46. The molecule has 0 atom stereocenters. The third-order valence-corrected chi connectivity index (χ3v) is 5.80. The largest absolute Gasteiger partial charge is 0.348 e. The Morgan fingerprint density at radius 3 is 2.44 bits per heavy atom. The summed E-state index contributed by atoms with van der Waals surface area (Å²) >= 11 is 12.4. The Hall–Kier alpha value is -1.64. The minimum absolute atomic E-state index is 0.00213. The van der Waals surface area contributed by atoms with Gasteiger partial charge < -0.3 is 5.32 Å². The number of amides is 1. The lowest BCUT2D eigenvalue weighted by molar-refractivity contribution is 0.0946. The molecule has 136 valence electrons. The van der Waals surface area contributed by atoms with Crippen LogP contribution in [0.1, 0.15) is 30.3 Å². The maximum atomic E-state index is 12.2. The molecule has 1 N–H and O–H groups in total. The molecule has 0 spiro atoms. The topological polar surface area (TPSA) is 93.9 Å². The predicted molar refractivity (Wildman–Crippen MR) is 97.4 cm³/mol. The Balaban J connectivity index is 2.24. The molecular formula is C15H18Cl2N4O3S. The van der Waals surface area contributed by atoms with Crippen molar-refractivity contribution in [3.63, 3.8) is 0 Å². The van der Waals surface area contributed by atoms with Crippen LogP contribution in [0.2, 0.25) is 10.0 Å². The summed E-state index contributed by atoms with van der Waals surface area (Å²) in [6.45, 7) is 3.42. The van der Waals surface area contributed by atoms with Gasteiger partial charge in [0, 0.05) is 18.7 Å². The van der Waals surface area contributed by atoms with Crippen molar-refractivity contribution in [1.29, 1.82) is 0 Å². The van der Waals surface area contributed by atoms with E-state index < -0.39 is 15.7 Å². The van der Waals surface area contributed by atoms with Gasteiger partial charge in [-0.1, -0.05) is 43.1 Å². The first-order chi connectivity index (χ1) is 11.8. The van der Waals surface area contributed by atoms with E-state index in [1.807, 2.05) is 6.92 Å². The number of carbonyl (C=O) groups excluding carboxylic acids is 1. The molecule has 0 radical (unpaired) electrons. The number of aryl methyl sites for hydroxylation is 1. The molecule has 1 aromatic carbocycles. The number of halogens is 2. The second-order valence-electron chi connectivity index (χ2n) is 5.18. The molecule has 2 rings (SSSR count). The highest BCUT2D eigenvalue weighted by molar-refractivity contribution is 7.91. The van der Waals surface area contributed by atoms with Crippen molar-refractivity contribution in [2.45, 2.75) is 20.3 Å². The fourth-order valence-corrected chi connectivity index (χ4v) is 3.34. The number of aromatic nitrogens is 3. The number of carbonyl (C=O) groups is 1. The minimum atomic E-state index is -3.15. The zero-order valence-corrected chi connectivity index (χ0v) is 16.1. The lowest BCUT2D eigenvalue weighted by Crippen LogP contribution is -2.30. The zero-order valence-electron chi connectivity index (χ0n) is 13.8. The number of para-hydroxylation sites is 1. The number of benzene rings is 1. The van der Waals surface area contributed by atoms with Crippen LogP contribution in [0, 0.1) is 0 Å². The Bertz CT molecular complexity index is 861. The summed E-state index contributed by atoms with van der Waals surface area (Å²) in [5.41, 5.74) is 0.447. The SMILES string of the molecule is CCc1nc(C(=O)NCCS(=O)(=O)CC)nn1-c1c(Cl)cccc1Cl. The van der Waals surface area contributed by atoms with Crippen molar-refractivity contribution in [3.05, 3.63) is 39.9 Å². The molecule has 1 heterocycles. The van der Waals surface area contributed by atoms with Crippen LogP contribution in [0.25, 0.3) is 5.69 Å². The fraction of sp³-hybridized carbons (Fsp3) is 0.400. The van der Waals surface area contributed by atoms with E-state index >= 15 is 0 Å². The van der Waals surface area contributed by atoms with Gasteiger partial charge in [0.1, 0.15) is 11.5 Å². The molecule has 1 aromatic heterocycles. The minimum Gasteiger partial charge on any atom is -0.348 e. The average Bonchev–Trinajstić information content (AvgIpc) is 2.98. The third-order valence-electron chi connectivity index (χ3n) is 3.48. The highest BCUT2D eigenvalue weighted by Crippen LogP contribution is 2.28. The summed E-state index contributed by atoms with van der Waals surface area (Å²) in [5.74, 6) is -0.209. The van der Waals surface area contributed by atoms with E-state index in [1.54, 1.807) is 25.1 Å². The van der Waals surface area contributed by atoms with Crippen LogP contribution in [-0.2, 0) is 16.3 Å². The fourth-order valence-electron chi connectivity index (χ4n) is 2.08. The summed E-state index contributed by atoms with van der Waals surface area (Å²) in [6.07, 6.45) is 0.506. The highest BCUT2D eigenvalue weighted by Gasteiger charge is 2.20. The monoisotopic (exact) mass is 404 g/mol. The quantitative estimate of drug-likeness (QED) is 0.763. The molecule has 1 amide bonds. The second-order valence-corrected chi connectivity index (χ2v) is 8.47. The van der Waals surface area contributed by atoms with E-state index in [9.17, 15) is 13.2 Å². The van der Waals surface area contributed by atoms with Crippen molar-refractivity contribution >= 4 is 38.9 Å². The molecule has 2 aromatic rings. The van der Waals surface area contributed by atoms with Crippen LogP contribution in [0.5, 0.6) is 0 Å². The first-order valence-electron chi connectivity index (χ1n) is 7.68. The molecule has 0 saturated heterocycles. The molecule has 0 fully saturated rings. The van der Waals surface area contributed by atoms with Crippen molar-refractivity contribution < 1.29 is 13.2 Å². The number of hydrogen-bond donors (Lipinski definition) is 1. The van der Waals surface area contributed by atoms with Crippen LogP contribution >= 0.6 is 23.2 Å². The number of hydrogen-bond acceptors (Lipinski definition) is 5. The van der Waals surface area contributed by atoms with Gasteiger partial charge in [0.15, 0.2) is 9.84 Å². The Labute approximate surface area is 156 Å². The molecule has 0 aliphatic heterocycles. The molecule has 7 nitrogen and oxygen atoms in total. The van der Waals surface area contributed by atoms with Crippen molar-refractivity contribution in [2.75, 3.05) is 18.1 Å². The smallest absolute Gasteiger partial charge is 0.291 e. The average molecular weight is 405 g/mol. The van der Waals surface area contributed by atoms with Gasteiger partial charge in [0.25, 0.3) is 5.91 Å². The standard InChI is InChI=1S/C15H18Cl2N4O3S/c1-3-12-19-14(15(22)18-8-9-25(23,24)4-2)20-21(12)13-10(16)6-5-7-11(13)17/h5-7H,3-4,8-9H2,1-2H3,(H,18,22). The summed E-state index contributed by atoms with van der Waals surface area (Å²) in [7, 11) is -3.15. The molecule has 0 bridgehead atoms. The van der Waals surface area contributed by atoms with Crippen LogP contribution in [-0.4, -0.2) is 47.1 Å². The first-order valence-corrected chi connectivity index (χ1v) is 10.3. The molecule has 0 saturated carbocycles. The third kappa shape index (κ3) is 4.71. The second kappa shape index (κ2) is 8.16. The van der Waals surface area contributed by atoms with Gasteiger partial charge in [0.05, 0.1) is 15.8 Å². The van der Waals surface area contributed by atoms with Crippen LogP contribution < -0.4 is 5.32 Å². The van der Waals surface area contributed by atoms with Gasteiger partial charge >= 0.3 is 0 Å². The van der Waals surface area contributed by atoms with Crippen molar-refractivity contribution in [1.82, 2.24) is 20.1 Å². The molecule has 0 unspecified atom stereocenters. The highest BCUT2D eigenvalue weighted by atomic mass is 35.5. The van der Waals surface area contributed by atoms with E-state index in [0.29, 0.717) is 28.0 Å². The predicted octanol–water partition coefficient (Wildman–Crippen LogP) is 2.30. The van der Waals surface area contributed by atoms with E-state index in [-0.39, 0.29) is 23.9 Å². The van der Waals surface area contributed by atoms with Crippen LogP contribution in [0.3, 0.4) is 0 Å². The number of rotatable bonds is 7. The number of sulfone groups is 1. The number of nitrogens with one attached hydrogen (secondary N) is 1. The molecule has 0 aliphatic carbocycles. The van der Waals surface area contributed by atoms with Crippen molar-refractivity contribution in [3.8, 4) is 5.69 Å². The normalized spacial score (nSPS) is 11.5. The lowest BCUT2D eigenvalue weighted by atomic mass is 10.3. The van der Waals surface area contributed by atoms with Crippen LogP contribution in [0.4, 0.5) is 0 Å². The Kier molecular flexibility index (Phi) is 6.42. The summed E-state index contributed by atoms with van der Waals surface area (Å²) < 4.78 is 24.4. The lowest BCUT2D eigenvalue weighted by Gasteiger charge is -2.08. The van der Waals surface area contributed by atoms with E-state index in [2.05, 4.69) is 15.4 Å². The van der Waals surface area contributed by atoms with Gasteiger partial charge in [-0.3, -0.25) is 4.79 Å². The van der Waals surface area contributed by atoms with Gasteiger partial charge in [-0.05, 0) is 12.1 Å². The van der Waals surface area contributed by atoms with Gasteiger partial charge in [-0.25, -0.2) is 18.1 Å². The summed E-state index contributed by atoms with van der Waals surface area (Å²) in [6, 6.07) is 5.04. The van der Waals surface area contributed by atoms with E-state index in [4.69, 9.17) is 23.2 Å². The molecule has 0 aliphatic rings. The summed E-state index contributed by atoms with van der Waals surface area (Å²) in [4.78, 5) is 16.4. The van der Waals surface area contributed by atoms with Crippen molar-refractivity contribution in [2.24, 2.45) is 0 Å². The van der Waals surface area contributed by atoms with Crippen LogP contribution in [0.15, 0.2) is 18.2 Å². The van der Waals surface area contributed by atoms with E-state index in [1.165, 1.54) is 4.68 Å². The molecular weight excluding hydrogens is 387 g/mol. The Morgan fingerprint density at radius 1 is 1.24 bits per heavy atom. The maximum absolute atomic E-state index is 12.2. The van der Waals surface area contributed by atoms with Gasteiger partial charge in [-0.15, -0.1) is 5.10 Å². The molecule has 25 heavy (non-hydrogen) atoms. The zero-order chi connectivity index (χ0) is 18.6. The van der Waals surface area contributed by atoms with Gasteiger partial charge in [-0.2, -0.15) is 0 Å². The molecule has 10 heteroatoms. The first kappa shape index (κ1) is 19.7. The number of nitrogens with zero attached hydrogens (tertiary/aromatic N) is 3.